The number of carbonyl (C=O) groups excluding carboxylic acids is 1. The summed E-state index contributed by atoms with van der Waals surface area (Å²) >= 11 is 3.38. The lowest BCUT2D eigenvalue weighted by Crippen LogP contribution is -2.21. The second kappa shape index (κ2) is 7.65. The van der Waals surface area contributed by atoms with E-state index in [1.165, 1.54) is 0 Å². The van der Waals surface area contributed by atoms with Gasteiger partial charge in [-0.25, -0.2) is 8.78 Å². The minimum atomic E-state index is -0.871. The van der Waals surface area contributed by atoms with Crippen LogP contribution in [0, 0.1) is 18.6 Å². The molecule has 3 rings (SSSR count). The highest BCUT2D eigenvalue weighted by molar-refractivity contribution is 9.10. The molecule has 1 aromatic heterocycles. The van der Waals surface area contributed by atoms with E-state index in [1.54, 1.807) is 0 Å². The molecule has 0 atom stereocenters. The van der Waals surface area contributed by atoms with Crippen molar-refractivity contribution in [2.24, 2.45) is 0 Å². The van der Waals surface area contributed by atoms with Crippen LogP contribution >= 0.6 is 15.9 Å². The quantitative estimate of drug-likeness (QED) is 0.639. The van der Waals surface area contributed by atoms with Gasteiger partial charge in [0.1, 0.15) is 5.82 Å². The lowest BCUT2D eigenvalue weighted by molar-refractivity contribution is -0.118. The van der Waals surface area contributed by atoms with Gasteiger partial charge in [-0.3, -0.25) is 9.89 Å². The van der Waals surface area contributed by atoms with Gasteiger partial charge in [0.05, 0.1) is 0 Å². The molecule has 0 aliphatic carbocycles. The molecule has 0 saturated heterocycles. The Labute approximate surface area is 156 Å². The first kappa shape index (κ1) is 18.1. The predicted molar refractivity (Wildman–Crippen MR) is 96.9 cm³/mol. The number of aromatic amines is 1. The Balaban J connectivity index is 1.71. The highest BCUT2D eigenvalue weighted by Crippen LogP contribution is 2.30. The van der Waals surface area contributed by atoms with Crippen LogP contribution < -0.4 is 10.1 Å². The Morgan fingerprint density at radius 1 is 1.23 bits per heavy atom. The van der Waals surface area contributed by atoms with Crippen molar-refractivity contribution in [2.75, 3.05) is 11.9 Å². The molecule has 1 heterocycles. The first-order valence-electron chi connectivity index (χ1n) is 7.62. The van der Waals surface area contributed by atoms with E-state index in [0.717, 1.165) is 33.4 Å². The number of carbonyl (C=O) groups is 1. The average Bonchev–Trinajstić information content (AvgIpc) is 2.95. The highest BCUT2D eigenvalue weighted by atomic mass is 79.9. The number of aromatic nitrogens is 2. The summed E-state index contributed by atoms with van der Waals surface area (Å²) in [5.41, 5.74) is 2.41. The number of nitrogens with zero attached hydrogens (tertiary/aromatic N) is 1. The van der Waals surface area contributed by atoms with Crippen LogP contribution in [-0.2, 0) is 4.79 Å². The van der Waals surface area contributed by atoms with E-state index in [1.807, 2.05) is 31.2 Å². The fraction of sp³-hybridized carbons (Fsp3) is 0.111. The Morgan fingerprint density at radius 3 is 2.65 bits per heavy atom. The molecule has 0 bridgehead atoms. The van der Waals surface area contributed by atoms with Gasteiger partial charge in [0.25, 0.3) is 5.91 Å². The number of ether oxygens (including phenoxy) is 1. The molecule has 1 amide bonds. The minimum Gasteiger partial charge on any atom is -0.481 e. The number of H-pyrrole nitrogens is 1. The molecule has 26 heavy (non-hydrogen) atoms. The zero-order chi connectivity index (χ0) is 18.7. The van der Waals surface area contributed by atoms with Crippen molar-refractivity contribution in [1.82, 2.24) is 10.2 Å². The van der Waals surface area contributed by atoms with Crippen LogP contribution in [0.3, 0.4) is 0 Å². The molecule has 0 fully saturated rings. The third-order valence-electron chi connectivity index (χ3n) is 3.59. The topological polar surface area (TPSA) is 67.0 Å². The summed E-state index contributed by atoms with van der Waals surface area (Å²) < 4.78 is 32.4. The number of benzene rings is 2. The largest absolute Gasteiger partial charge is 0.481 e. The van der Waals surface area contributed by atoms with Crippen molar-refractivity contribution in [1.29, 1.82) is 0 Å². The van der Waals surface area contributed by atoms with Gasteiger partial charge in [-0.1, -0.05) is 28.1 Å². The van der Waals surface area contributed by atoms with Crippen LogP contribution in [0.25, 0.3) is 11.1 Å². The van der Waals surface area contributed by atoms with E-state index >= 15 is 0 Å². The molecule has 2 N–H and O–H groups in total. The van der Waals surface area contributed by atoms with E-state index in [4.69, 9.17) is 4.74 Å². The summed E-state index contributed by atoms with van der Waals surface area (Å²) in [6.45, 7) is 1.40. The Bertz CT molecular complexity index is 942. The first-order chi connectivity index (χ1) is 12.4. The van der Waals surface area contributed by atoms with Crippen LogP contribution in [0.2, 0.25) is 0 Å². The predicted octanol–water partition coefficient (Wildman–Crippen LogP) is 4.44. The smallest absolute Gasteiger partial charge is 0.263 e. The van der Waals surface area contributed by atoms with Crippen LogP contribution in [0.15, 0.2) is 46.9 Å². The van der Waals surface area contributed by atoms with Gasteiger partial charge in [0.2, 0.25) is 0 Å². The van der Waals surface area contributed by atoms with Gasteiger partial charge >= 0.3 is 0 Å². The lowest BCUT2D eigenvalue weighted by atomic mass is 10.1. The fourth-order valence-corrected chi connectivity index (χ4v) is 2.66. The number of halogens is 3. The lowest BCUT2D eigenvalue weighted by Gasteiger charge is -2.09. The van der Waals surface area contributed by atoms with Gasteiger partial charge < -0.3 is 10.1 Å². The normalized spacial score (nSPS) is 10.6. The molecule has 0 radical (unpaired) electrons. The molecule has 8 heteroatoms. The summed E-state index contributed by atoms with van der Waals surface area (Å²) in [6.07, 6.45) is 0. The van der Waals surface area contributed by atoms with E-state index in [9.17, 15) is 13.6 Å². The second-order valence-electron chi connectivity index (χ2n) is 5.49. The van der Waals surface area contributed by atoms with Crippen molar-refractivity contribution < 1.29 is 18.3 Å². The van der Waals surface area contributed by atoms with Gasteiger partial charge in [-0.05, 0) is 36.8 Å². The number of hydrogen-bond donors (Lipinski definition) is 2. The number of nitrogens with one attached hydrogen (secondary N) is 2. The number of hydrogen-bond acceptors (Lipinski definition) is 3. The molecule has 3 aromatic rings. The Morgan fingerprint density at radius 2 is 1.96 bits per heavy atom. The van der Waals surface area contributed by atoms with E-state index < -0.39 is 24.1 Å². The van der Waals surface area contributed by atoms with Crippen molar-refractivity contribution in [3.05, 3.63) is 64.3 Å². The van der Waals surface area contributed by atoms with Gasteiger partial charge in [0, 0.05) is 21.8 Å². The molecule has 134 valence electrons. The van der Waals surface area contributed by atoms with E-state index in [2.05, 4.69) is 31.4 Å². The molecule has 0 unspecified atom stereocenters. The highest BCUT2D eigenvalue weighted by Gasteiger charge is 2.16. The molecule has 0 aliphatic rings. The maximum Gasteiger partial charge on any atom is 0.263 e. The molecule has 0 aliphatic heterocycles. The number of rotatable bonds is 5. The van der Waals surface area contributed by atoms with Crippen molar-refractivity contribution in [3.63, 3.8) is 0 Å². The summed E-state index contributed by atoms with van der Waals surface area (Å²) in [5.74, 6) is -1.96. The second-order valence-corrected chi connectivity index (χ2v) is 6.41. The summed E-state index contributed by atoms with van der Waals surface area (Å²) in [7, 11) is 0. The zero-order valence-corrected chi connectivity index (χ0v) is 15.2. The number of amides is 1. The van der Waals surface area contributed by atoms with Gasteiger partial charge in [-0.15, -0.1) is 0 Å². The number of aryl methyl sites for hydroxylation is 1. The third-order valence-corrected chi connectivity index (χ3v) is 4.12. The molecular formula is C18H14BrF2N3O2. The summed E-state index contributed by atoms with van der Waals surface area (Å²) in [6, 6.07) is 10.4. The molecule has 0 spiro atoms. The van der Waals surface area contributed by atoms with Crippen LogP contribution in [0.1, 0.15) is 5.69 Å². The maximum atomic E-state index is 13.5. The van der Waals surface area contributed by atoms with Crippen LogP contribution in [0.4, 0.5) is 14.6 Å². The first-order valence-corrected chi connectivity index (χ1v) is 8.42. The van der Waals surface area contributed by atoms with Crippen LogP contribution in [0.5, 0.6) is 5.75 Å². The van der Waals surface area contributed by atoms with E-state index in [-0.39, 0.29) is 5.75 Å². The standard InChI is InChI=1S/C18H14BrF2N3O2/c1-10-17(11-2-4-12(19)5-3-11)18(24-23-10)22-16(25)9-26-15-7-6-13(20)8-14(15)21/h2-8H,9H2,1H3,(H2,22,23,24,25). The van der Waals surface area contributed by atoms with Crippen molar-refractivity contribution in [2.45, 2.75) is 6.92 Å². The molecule has 2 aromatic carbocycles. The van der Waals surface area contributed by atoms with Gasteiger partial charge in [0.15, 0.2) is 24.0 Å². The van der Waals surface area contributed by atoms with E-state index in [0.29, 0.717) is 11.9 Å². The van der Waals surface area contributed by atoms with Gasteiger partial charge in [-0.2, -0.15) is 5.10 Å². The number of anilines is 1. The van der Waals surface area contributed by atoms with Crippen molar-refractivity contribution in [3.8, 4) is 16.9 Å². The molecule has 5 nitrogen and oxygen atoms in total. The monoisotopic (exact) mass is 421 g/mol. The Hall–Kier alpha value is -2.74. The minimum absolute atomic E-state index is 0.201. The fourth-order valence-electron chi connectivity index (χ4n) is 2.39. The van der Waals surface area contributed by atoms with Crippen LogP contribution in [-0.4, -0.2) is 22.7 Å². The SMILES string of the molecule is Cc1[nH]nc(NC(=O)COc2ccc(F)cc2F)c1-c1ccc(Br)cc1. The third kappa shape index (κ3) is 4.08. The average molecular weight is 422 g/mol. The maximum absolute atomic E-state index is 13.5. The zero-order valence-electron chi connectivity index (χ0n) is 13.6. The summed E-state index contributed by atoms with van der Waals surface area (Å²) in [5, 5.41) is 9.55. The summed E-state index contributed by atoms with van der Waals surface area (Å²) in [4.78, 5) is 12.1. The Kier molecular flexibility index (Phi) is 5.32. The molecular weight excluding hydrogens is 408 g/mol. The van der Waals surface area contributed by atoms with Crippen molar-refractivity contribution >= 4 is 27.7 Å². The molecule has 0 saturated carbocycles.